The van der Waals surface area contributed by atoms with Crippen LogP contribution in [0.1, 0.15) is 37.7 Å². The van der Waals surface area contributed by atoms with Crippen molar-refractivity contribution in [1.82, 2.24) is 0 Å². The van der Waals surface area contributed by atoms with Crippen molar-refractivity contribution in [1.29, 1.82) is 0 Å². The van der Waals surface area contributed by atoms with Gasteiger partial charge in [0.1, 0.15) is 0 Å². The molecule has 1 aliphatic carbocycles. The van der Waals surface area contributed by atoms with Crippen LogP contribution in [-0.4, -0.2) is 18.4 Å². The van der Waals surface area contributed by atoms with E-state index >= 15 is 0 Å². The Morgan fingerprint density at radius 1 is 1.14 bits per heavy atom. The smallest absolute Gasteiger partial charge is 0.231 e. The lowest BCUT2D eigenvalue weighted by Crippen LogP contribution is -2.44. The quantitative estimate of drug-likeness (QED) is 0.767. The van der Waals surface area contributed by atoms with E-state index in [-0.39, 0.29) is 12.3 Å². The Labute approximate surface area is 125 Å². The van der Waals surface area contributed by atoms with Crippen LogP contribution in [0.15, 0.2) is 24.3 Å². The summed E-state index contributed by atoms with van der Waals surface area (Å²) in [6.07, 6.45) is 5.00. The highest BCUT2D eigenvalue weighted by Crippen LogP contribution is 2.36. The van der Waals surface area contributed by atoms with Crippen LogP contribution in [0.5, 0.6) is 0 Å². The molecule has 5 nitrogen and oxygen atoms in total. The normalized spacial score (nSPS) is 17.2. The van der Waals surface area contributed by atoms with Gasteiger partial charge in [0.25, 0.3) is 0 Å². The average molecular weight is 289 g/mol. The number of nitrogens with two attached hydrogens (primary N) is 2. The summed E-state index contributed by atoms with van der Waals surface area (Å²) < 4.78 is 0. The second-order valence-corrected chi connectivity index (χ2v) is 5.80. The van der Waals surface area contributed by atoms with Crippen molar-refractivity contribution in [2.45, 2.75) is 38.5 Å². The van der Waals surface area contributed by atoms with Crippen molar-refractivity contribution < 1.29 is 9.59 Å². The van der Waals surface area contributed by atoms with Crippen LogP contribution in [0.4, 0.5) is 5.69 Å². The standard InChI is InChI=1S/C16H23N3O2/c17-11-16(8-4-1-5-9-16)15(21)19-13-7-3-2-6-12(13)10-14(18)20/h2-3,6-7H,1,4-5,8-11,17H2,(H2,18,20)(H,19,21). The molecule has 0 spiro atoms. The molecule has 114 valence electrons. The highest BCUT2D eigenvalue weighted by molar-refractivity contribution is 5.96. The molecular formula is C16H23N3O2. The minimum Gasteiger partial charge on any atom is -0.369 e. The van der Waals surface area contributed by atoms with Crippen LogP contribution in [0.2, 0.25) is 0 Å². The molecule has 1 saturated carbocycles. The van der Waals surface area contributed by atoms with Crippen LogP contribution in [0, 0.1) is 5.41 Å². The van der Waals surface area contributed by atoms with Gasteiger partial charge < -0.3 is 16.8 Å². The van der Waals surface area contributed by atoms with Gasteiger partial charge in [-0.15, -0.1) is 0 Å². The first kappa shape index (κ1) is 15.5. The number of primary amides is 1. The maximum absolute atomic E-state index is 12.7. The highest BCUT2D eigenvalue weighted by atomic mass is 16.2. The monoisotopic (exact) mass is 289 g/mol. The van der Waals surface area contributed by atoms with Gasteiger partial charge in [-0.25, -0.2) is 0 Å². The number of anilines is 1. The number of carbonyl (C=O) groups is 2. The van der Waals surface area contributed by atoms with Crippen molar-refractivity contribution in [3.05, 3.63) is 29.8 Å². The summed E-state index contributed by atoms with van der Waals surface area (Å²) in [5, 5.41) is 2.95. The third-order valence-electron chi connectivity index (χ3n) is 4.31. The number of hydrogen-bond donors (Lipinski definition) is 3. The van der Waals surface area contributed by atoms with E-state index in [4.69, 9.17) is 11.5 Å². The van der Waals surface area contributed by atoms with Gasteiger partial charge in [0, 0.05) is 12.2 Å². The summed E-state index contributed by atoms with van der Waals surface area (Å²) in [5.74, 6) is -0.454. The number of hydrogen-bond acceptors (Lipinski definition) is 3. The van der Waals surface area contributed by atoms with Gasteiger partial charge in [-0.3, -0.25) is 9.59 Å². The second-order valence-electron chi connectivity index (χ2n) is 5.80. The van der Waals surface area contributed by atoms with Crippen molar-refractivity contribution in [3.8, 4) is 0 Å². The zero-order valence-electron chi connectivity index (χ0n) is 12.2. The highest BCUT2D eigenvalue weighted by Gasteiger charge is 2.38. The Morgan fingerprint density at radius 3 is 2.43 bits per heavy atom. The zero-order chi connectivity index (χ0) is 15.3. The fourth-order valence-corrected chi connectivity index (χ4v) is 2.99. The van der Waals surface area contributed by atoms with E-state index < -0.39 is 11.3 Å². The first-order chi connectivity index (χ1) is 10.1. The number of amides is 2. The van der Waals surface area contributed by atoms with Gasteiger partial charge in [0.05, 0.1) is 11.8 Å². The Bertz CT molecular complexity index is 522. The Hall–Kier alpha value is -1.88. The molecule has 2 amide bonds. The molecule has 0 radical (unpaired) electrons. The lowest BCUT2D eigenvalue weighted by atomic mass is 9.73. The van der Waals surface area contributed by atoms with Crippen LogP contribution in [-0.2, 0) is 16.0 Å². The van der Waals surface area contributed by atoms with E-state index in [0.717, 1.165) is 37.7 Å². The predicted molar refractivity (Wildman–Crippen MR) is 82.5 cm³/mol. The third-order valence-corrected chi connectivity index (χ3v) is 4.31. The first-order valence-electron chi connectivity index (χ1n) is 7.45. The van der Waals surface area contributed by atoms with Gasteiger partial charge in [0.2, 0.25) is 11.8 Å². The maximum atomic E-state index is 12.7. The first-order valence-corrected chi connectivity index (χ1v) is 7.45. The summed E-state index contributed by atoms with van der Waals surface area (Å²) in [5.41, 5.74) is 12.0. The van der Waals surface area contributed by atoms with Crippen LogP contribution in [0.25, 0.3) is 0 Å². The SMILES string of the molecule is NCC1(C(=O)Nc2ccccc2CC(N)=O)CCCCC1. The second kappa shape index (κ2) is 6.72. The minimum atomic E-state index is -0.474. The molecule has 0 unspecified atom stereocenters. The molecule has 0 atom stereocenters. The molecule has 1 fully saturated rings. The molecule has 0 aromatic heterocycles. The summed E-state index contributed by atoms with van der Waals surface area (Å²) >= 11 is 0. The van der Waals surface area contributed by atoms with Gasteiger partial charge >= 0.3 is 0 Å². The Kier molecular flexibility index (Phi) is 4.96. The molecule has 0 heterocycles. The van der Waals surface area contributed by atoms with Crippen LogP contribution < -0.4 is 16.8 Å². The molecule has 1 aromatic rings. The van der Waals surface area contributed by atoms with Crippen molar-refractivity contribution in [2.24, 2.45) is 16.9 Å². The Morgan fingerprint density at radius 2 is 1.81 bits per heavy atom. The molecular weight excluding hydrogens is 266 g/mol. The van der Waals surface area contributed by atoms with E-state index in [9.17, 15) is 9.59 Å². The number of nitrogens with one attached hydrogen (secondary N) is 1. The van der Waals surface area contributed by atoms with Crippen LogP contribution in [0.3, 0.4) is 0 Å². The number of carbonyl (C=O) groups excluding carboxylic acids is 2. The molecule has 1 aromatic carbocycles. The third kappa shape index (κ3) is 3.61. The van der Waals surface area contributed by atoms with E-state index in [0.29, 0.717) is 12.2 Å². The number of rotatable bonds is 5. The molecule has 0 bridgehead atoms. The summed E-state index contributed by atoms with van der Waals surface area (Å²) in [4.78, 5) is 23.8. The maximum Gasteiger partial charge on any atom is 0.231 e. The number of para-hydroxylation sites is 1. The molecule has 2 rings (SSSR count). The van der Waals surface area contributed by atoms with Crippen LogP contribution >= 0.6 is 0 Å². The molecule has 5 heteroatoms. The van der Waals surface area contributed by atoms with E-state index in [2.05, 4.69) is 5.32 Å². The molecule has 21 heavy (non-hydrogen) atoms. The lowest BCUT2D eigenvalue weighted by Gasteiger charge is -2.34. The average Bonchev–Trinajstić information content (AvgIpc) is 2.49. The van der Waals surface area contributed by atoms with Gasteiger partial charge in [-0.1, -0.05) is 37.5 Å². The largest absolute Gasteiger partial charge is 0.369 e. The summed E-state index contributed by atoms with van der Waals surface area (Å²) in [7, 11) is 0. The predicted octanol–water partition coefficient (Wildman–Crippen LogP) is 1.56. The van der Waals surface area contributed by atoms with Gasteiger partial charge in [-0.05, 0) is 24.5 Å². The van der Waals surface area contributed by atoms with Gasteiger partial charge in [-0.2, -0.15) is 0 Å². The molecule has 1 aliphatic rings. The van der Waals surface area contributed by atoms with E-state index in [1.807, 2.05) is 12.1 Å². The molecule has 0 aliphatic heterocycles. The molecule has 5 N–H and O–H groups in total. The minimum absolute atomic E-state index is 0.0402. The summed E-state index contributed by atoms with van der Waals surface area (Å²) in [6.45, 7) is 0.358. The van der Waals surface area contributed by atoms with Crippen molar-refractivity contribution >= 4 is 17.5 Å². The van der Waals surface area contributed by atoms with E-state index in [1.54, 1.807) is 12.1 Å². The fraction of sp³-hybridized carbons (Fsp3) is 0.500. The fourth-order valence-electron chi connectivity index (χ4n) is 2.99. The van der Waals surface area contributed by atoms with Crippen molar-refractivity contribution in [3.63, 3.8) is 0 Å². The molecule has 0 saturated heterocycles. The Balaban J connectivity index is 2.17. The number of benzene rings is 1. The van der Waals surface area contributed by atoms with Crippen molar-refractivity contribution in [2.75, 3.05) is 11.9 Å². The lowest BCUT2D eigenvalue weighted by molar-refractivity contribution is -0.127. The topological polar surface area (TPSA) is 98.2 Å². The van der Waals surface area contributed by atoms with E-state index in [1.165, 1.54) is 0 Å². The summed E-state index contributed by atoms with van der Waals surface area (Å²) in [6, 6.07) is 7.25. The zero-order valence-corrected chi connectivity index (χ0v) is 12.2. The van der Waals surface area contributed by atoms with Gasteiger partial charge in [0.15, 0.2) is 0 Å².